The van der Waals surface area contributed by atoms with Gasteiger partial charge in [0.1, 0.15) is 0 Å². The van der Waals surface area contributed by atoms with Gasteiger partial charge < -0.3 is 0 Å². The third-order valence-corrected chi connectivity index (χ3v) is 11.3. The fourth-order valence-corrected chi connectivity index (χ4v) is 9.49. The van der Waals surface area contributed by atoms with Crippen LogP contribution in [0.2, 0.25) is 0 Å². The Hall–Kier alpha value is -5.21. The first-order valence-electron chi connectivity index (χ1n) is 14.3. The van der Waals surface area contributed by atoms with Crippen molar-refractivity contribution in [3.63, 3.8) is 0 Å². The van der Waals surface area contributed by atoms with E-state index in [1.807, 2.05) is 24.3 Å². The number of hydrogen-bond acceptors (Lipinski definition) is 3. The van der Waals surface area contributed by atoms with Crippen LogP contribution in [0.5, 0.6) is 23.0 Å². The normalized spacial score (nSPS) is 13.0. The number of fused-ring (bicyclic) bond motifs is 11. The maximum atomic E-state index is 9.78. The van der Waals surface area contributed by atoms with Gasteiger partial charge in [-0.2, -0.15) is 0 Å². The first-order valence-corrected chi connectivity index (χ1v) is 16.0. The Morgan fingerprint density at radius 1 is 0.628 bits per heavy atom. The van der Waals surface area contributed by atoms with E-state index in [0.29, 0.717) is 5.56 Å². The standard InChI is InChI=1S/C37H19BN2O2Se/c39-20-21-13-15-28-25(17-21)23-14-16-34-35(24-7-1-6-12-33(24)43-34)37(23)40(28)22-18-31-36-32(19-22)42-30-11-5-3-9-27(30)38(36)26-8-2-4-10-29(26)41-31/h1-19H. The van der Waals surface area contributed by atoms with Gasteiger partial charge in [0.25, 0.3) is 0 Å². The van der Waals surface area contributed by atoms with Gasteiger partial charge in [-0.25, -0.2) is 0 Å². The Bertz CT molecular complexity index is 2480. The van der Waals surface area contributed by atoms with Gasteiger partial charge in [-0.15, -0.1) is 0 Å². The van der Waals surface area contributed by atoms with Gasteiger partial charge in [0.2, 0.25) is 0 Å². The summed E-state index contributed by atoms with van der Waals surface area (Å²) in [5, 5.41) is 14.6. The molecule has 0 saturated heterocycles. The molecule has 0 fully saturated rings. The molecule has 0 N–H and O–H groups in total. The van der Waals surface area contributed by atoms with Crippen molar-refractivity contribution in [1.82, 2.24) is 4.57 Å². The summed E-state index contributed by atoms with van der Waals surface area (Å²) in [4.78, 5) is 0. The average molecular weight is 613 g/mol. The van der Waals surface area contributed by atoms with Gasteiger partial charge in [0.05, 0.1) is 0 Å². The molecule has 0 bridgehead atoms. The molecule has 0 amide bonds. The van der Waals surface area contributed by atoms with E-state index in [-0.39, 0.29) is 21.2 Å². The monoisotopic (exact) mass is 614 g/mol. The molecule has 198 valence electrons. The topological polar surface area (TPSA) is 47.2 Å². The quantitative estimate of drug-likeness (QED) is 0.193. The van der Waals surface area contributed by atoms with E-state index in [0.717, 1.165) is 66.9 Å². The Labute approximate surface area is 252 Å². The van der Waals surface area contributed by atoms with Crippen LogP contribution in [-0.2, 0) is 0 Å². The number of rotatable bonds is 1. The molecule has 2 aliphatic heterocycles. The Kier molecular flexibility index (Phi) is 4.58. The minimum atomic E-state index is 0.0316. The van der Waals surface area contributed by atoms with Crippen molar-refractivity contribution in [2.45, 2.75) is 0 Å². The van der Waals surface area contributed by atoms with Crippen molar-refractivity contribution in [1.29, 1.82) is 5.26 Å². The molecule has 0 aliphatic carbocycles. The average Bonchev–Trinajstić information content (AvgIpc) is 3.59. The van der Waals surface area contributed by atoms with Crippen LogP contribution in [0.3, 0.4) is 0 Å². The van der Waals surface area contributed by atoms with Crippen LogP contribution in [0, 0.1) is 11.3 Å². The van der Waals surface area contributed by atoms with Crippen LogP contribution in [0.1, 0.15) is 5.56 Å². The SMILES string of the molecule is N#Cc1ccc2c(c1)c1ccc3[se]c4ccccc4c3c1n2-c1cc2c3c(c1)Oc1ccccc1B3c1ccccc1O2. The van der Waals surface area contributed by atoms with Crippen LogP contribution in [0.15, 0.2) is 115 Å². The van der Waals surface area contributed by atoms with E-state index in [1.54, 1.807) is 0 Å². The second-order valence-electron chi connectivity index (χ2n) is 11.2. The third-order valence-electron chi connectivity index (χ3n) is 8.93. The zero-order valence-electron chi connectivity index (χ0n) is 22.7. The van der Waals surface area contributed by atoms with Crippen LogP contribution in [0.25, 0.3) is 46.8 Å². The molecule has 4 heterocycles. The number of nitriles is 1. The van der Waals surface area contributed by atoms with E-state index < -0.39 is 0 Å². The number of ether oxygens (including phenoxy) is 2. The number of benzene rings is 6. The molecule has 2 aromatic heterocycles. The van der Waals surface area contributed by atoms with Crippen molar-refractivity contribution in [2.24, 2.45) is 0 Å². The summed E-state index contributed by atoms with van der Waals surface area (Å²) in [5.74, 6) is 3.37. The summed E-state index contributed by atoms with van der Waals surface area (Å²) >= 11 is 0.230. The predicted octanol–water partition coefficient (Wildman–Crippen LogP) is 6.75. The molecule has 0 radical (unpaired) electrons. The molecule has 0 atom stereocenters. The maximum absolute atomic E-state index is 9.78. The van der Waals surface area contributed by atoms with E-state index >= 15 is 0 Å². The van der Waals surface area contributed by atoms with E-state index in [2.05, 4.69) is 102 Å². The molecule has 0 saturated carbocycles. The van der Waals surface area contributed by atoms with Gasteiger partial charge in [-0.3, -0.25) is 0 Å². The van der Waals surface area contributed by atoms with Crippen LogP contribution in [0.4, 0.5) is 0 Å². The predicted molar refractivity (Wildman–Crippen MR) is 175 cm³/mol. The Morgan fingerprint density at radius 3 is 2.07 bits per heavy atom. The van der Waals surface area contributed by atoms with Gasteiger partial charge in [-0.1, -0.05) is 0 Å². The molecular formula is C37H19BN2O2Se. The summed E-state index contributed by atoms with van der Waals surface area (Å²) in [6.07, 6.45) is 0. The van der Waals surface area contributed by atoms with Gasteiger partial charge in [0, 0.05) is 0 Å². The first-order chi connectivity index (χ1) is 21.3. The number of hydrogen-bond donors (Lipinski definition) is 0. The van der Waals surface area contributed by atoms with Crippen molar-refractivity contribution in [2.75, 3.05) is 0 Å². The van der Waals surface area contributed by atoms with E-state index in [1.165, 1.54) is 19.3 Å². The summed E-state index contributed by atoms with van der Waals surface area (Å²) in [6.45, 7) is 0.0316. The minimum absolute atomic E-state index is 0.0316. The number of para-hydroxylation sites is 2. The second kappa shape index (κ2) is 8.43. The van der Waals surface area contributed by atoms with E-state index in [9.17, 15) is 5.26 Å². The molecule has 43 heavy (non-hydrogen) atoms. The van der Waals surface area contributed by atoms with Crippen molar-refractivity contribution in [3.05, 3.63) is 121 Å². The molecule has 2 aliphatic rings. The molecular weight excluding hydrogens is 594 g/mol. The van der Waals surface area contributed by atoms with Crippen molar-refractivity contribution < 1.29 is 9.47 Å². The molecule has 10 rings (SSSR count). The first kappa shape index (κ1) is 23.4. The Balaban J connectivity index is 1.34. The molecule has 6 aromatic carbocycles. The zero-order chi connectivity index (χ0) is 28.2. The van der Waals surface area contributed by atoms with Crippen LogP contribution >= 0.6 is 0 Å². The summed E-state index contributed by atoms with van der Waals surface area (Å²) in [7, 11) is 0. The van der Waals surface area contributed by atoms with Crippen molar-refractivity contribution in [3.8, 4) is 34.8 Å². The summed E-state index contributed by atoms with van der Waals surface area (Å²) in [6, 6.07) is 42.6. The zero-order valence-corrected chi connectivity index (χ0v) is 24.4. The molecule has 4 nitrogen and oxygen atoms in total. The number of aromatic nitrogens is 1. The Morgan fingerprint density at radius 2 is 1.33 bits per heavy atom. The van der Waals surface area contributed by atoms with Gasteiger partial charge in [0.15, 0.2) is 0 Å². The van der Waals surface area contributed by atoms with Gasteiger partial charge in [-0.05, 0) is 0 Å². The molecule has 0 unspecified atom stereocenters. The second-order valence-corrected chi connectivity index (χ2v) is 13.5. The van der Waals surface area contributed by atoms with Gasteiger partial charge >= 0.3 is 254 Å². The molecule has 8 aromatic rings. The molecule has 0 spiro atoms. The van der Waals surface area contributed by atoms with Crippen LogP contribution < -0.4 is 25.9 Å². The molecule has 6 heteroatoms. The van der Waals surface area contributed by atoms with E-state index in [4.69, 9.17) is 9.47 Å². The fraction of sp³-hybridized carbons (Fsp3) is 0. The van der Waals surface area contributed by atoms with Crippen molar-refractivity contribution >= 4 is 78.7 Å². The fourth-order valence-electron chi connectivity index (χ4n) is 7.16. The van der Waals surface area contributed by atoms with Crippen LogP contribution in [-0.4, -0.2) is 25.8 Å². The summed E-state index contributed by atoms with van der Waals surface area (Å²) < 4.78 is 18.4. The summed E-state index contributed by atoms with van der Waals surface area (Å²) in [5.41, 5.74) is 7.20. The third kappa shape index (κ3) is 3.10. The number of nitrogens with zero attached hydrogens (tertiary/aromatic N) is 2.